The summed E-state index contributed by atoms with van der Waals surface area (Å²) in [6.07, 6.45) is 3.49. The number of benzene rings is 2. The van der Waals surface area contributed by atoms with Crippen molar-refractivity contribution in [3.05, 3.63) is 66.2 Å². The molecule has 0 spiro atoms. The normalized spacial score (nSPS) is 11.3. The molecule has 30 heavy (non-hydrogen) atoms. The van der Waals surface area contributed by atoms with Crippen molar-refractivity contribution < 1.29 is 14.3 Å². The minimum absolute atomic E-state index is 0.143. The quantitative estimate of drug-likeness (QED) is 0.477. The number of rotatable bonds is 7. The molecule has 1 heterocycles. The van der Waals surface area contributed by atoms with Gasteiger partial charge in [-0.25, -0.2) is 9.97 Å². The summed E-state index contributed by atoms with van der Waals surface area (Å²) in [5.41, 5.74) is 2.58. The second kappa shape index (κ2) is 9.17. The number of fused-ring (bicyclic) bond motifs is 1. The zero-order valence-corrected chi connectivity index (χ0v) is 17.5. The number of methoxy groups -OCH3 is 1. The summed E-state index contributed by atoms with van der Waals surface area (Å²) in [6, 6.07) is 12.5. The summed E-state index contributed by atoms with van der Waals surface area (Å²) < 4.78 is 5.42. The summed E-state index contributed by atoms with van der Waals surface area (Å²) in [6.45, 7) is 1.77. The van der Waals surface area contributed by atoms with Crippen molar-refractivity contribution in [1.82, 2.24) is 14.9 Å². The number of carbonyl (C=O) groups excluding carboxylic acids is 2. The van der Waals surface area contributed by atoms with E-state index in [9.17, 15) is 9.59 Å². The Hall–Kier alpha value is -3.74. The summed E-state index contributed by atoms with van der Waals surface area (Å²) in [5.74, 6) is 0.191. The molecular formula is C23H24N4O3. The molecule has 3 rings (SSSR count). The number of carbonyl (C=O) groups is 2. The Morgan fingerprint density at radius 2 is 1.87 bits per heavy atom. The molecule has 1 N–H and O–H groups in total. The van der Waals surface area contributed by atoms with E-state index in [1.807, 2.05) is 32.3 Å². The van der Waals surface area contributed by atoms with E-state index < -0.39 is 0 Å². The Morgan fingerprint density at radius 3 is 2.50 bits per heavy atom. The molecule has 7 heteroatoms. The third kappa shape index (κ3) is 4.46. The van der Waals surface area contributed by atoms with E-state index in [0.29, 0.717) is 45.6 Å². The topological polar surface area (TPSA) is 84.4 Å². The lowest BCUT2D eigenvalue weighted by atomic mass is 9.98. The maximum Gasteiger partial charge on any atom is 0.224 e. The van der Waals surface area contributed by atoms with E-state index >= 15 is 0 Å². The highest BCUT2D eigenvalue weighted by Gasteiger charge is 2.20. The second-order valence-corrected chi connectivity index (χ2v) is 6.90. The van der Waals surface area contributed by atoms with Gasteiger partial charge in [-0.2, -0.15) is 0 Å². The van der Waals surface area contributed by atoms with Gasteiger partial charge >= 0.3 is 0 Å². The lowest BCUT2D eigenvalue weighted by Gasteiger charge is -2.15. The Bertz CT molecular complexity index is 1110. The predicted molar refractivity (Wildman–Crippen MR) is 117 cm³/mol. The molecule has 1 aromatic heterocycles. The molecule has 7 nitrogen and oxygen atoms in total. The van der Waals surface area contributed by atoms with Gasteiger partial charge in [0.1, 0.15) is 12.1 Å². The van der Waals surface area contributed by atoms with Crippen molar-refractivity contribution in [1.29, 1.82) is 0 Å². The smallest absolute Gasteiger partial charge is 0.224 e. The Labute approximate surface area is 175 Å². The zero-order chi connectivity index (χ0) is 21.7. The minimum atomic E-state index is -0.153. The molecule has 0 atom stereocenters. The van der Waals surface area contributed by atoms with Crippen LogP contribution in [0.15, 0.2) is 55.0 Å². The number of amides is 1. The number of Topliss-reactive ketones (excluding diaryl/α,β-unsaturated/α-hetero) is 1. The zero-order valence-electron chi connectivity index (χ0n) is 17.5. The third-order valence-corrected chi connectivity index (χ3v) is 4.47. The SMILES string of the molecule is CCC(=O)Nc1cc2c(/C(=C/N(C)C)C(=O)c3ccccc3)ncnc2cc1OC. The van der Waals surface area contributed by atoms with Gasteiger partial charge in [-0.1, -0.05) is 37.3 Å². The maximum absolute atomic E-state index is 13.3. The van der Waals surface area contributed by atoms with Gasteiger partial charge in [0.15, 0.2) is 5.78 Å². The van der Waals surface area contributed by atoms with Gasteiger partial charge in [0.2, 0.25) is 5.91 Å². The van der Waals surface area contributed by atoms with Crippen molar-refractivity contribution >= 4 is 33.9 Å². The molecule has 0 radical (unpaired) electrons. The van der Waals surface area contributed by atoms with Gasteiger partial charge in [0, 0.05) is 43.7 Å². The van der Waals surface area contributed by atoms with Gasteiger partial charge in [-0.3, -0.25) is 9.59 Å². The van der Waals surface area contributed by atoms with E-state index in [-0.39, 0.29) is 11.7 Å². The molecule has 0 saturated carbocycles. The fraction of sp³-hybridized carbons (Fsp3) is 0.217. The Morgan fingerprint density at radius 1 is 1.13 bits per heavy atom. The molecule has 0 bridgehead atoms. The number of nitrogens with zero attached hydrogens (tertiary/aromatic N) is 3. The molecule has 0 aliphatic rings. The first kappa shape index (κ1) is 21.0. The molecule has 1 amide bonds. The number of hydrogen-bond donors (Lipinski definition) is 1. The molecule has 3 aromatic rings. The van der Waals surface area contributed by atoms with Gasteiger partial charge in [-0.05, 0) is 6.07 Å². The van der Waals surface area contributed by atoms with Crippen LogP contribution < -0.4 is 10.1 Å². The monoisotopic (exact) mass is 404 g/mol. The van der Waals surface area contributed by atoms with Crippen LogP contribution in [-0.2, 0) is 4.79 Å². The second-order valence-electron chi connectivity index (χ2n) is 6.90. The predicted octanol–water partition coefficient (Wildman–Crippen LogP) is 3.77. The van der Waals surface area contributed by atoms with E-state index in [0.717, 1.165) is 0 Å². The molecule has 0 unspecified atom stereocenters. The lowest BCUT2D eigenvalue weighted by molar-refractivity contribution is -0.115. The highest BCUT2D eigenvalue weighted by molar-refractivity contribution is 6.30. The van der Waals surface area contributed by atoms with Crippen LogP contribution in [0.2, 0.25) is 0 Å². The van der Waals surface area contributed by atoms with Crippen molar-refractivity contribution in [2.24, 2.45) is 0 Å². The Kier molecular flexibility index (Phi) is 6.41. The van der Waals surface area contributed by atoms with E-state index in [4.69, 9.17) is 4.74 Å². The average molecular weight is 404 g/mol. The van der Waals surface area contributed by atoms with E-state index in [1.54, 1.807) is 42.3 Å². The number of ketones is 1. The number of hydrogen-bond acceptors (Lipinski definition) is 6. The van der Waals surface area contributed by atoms with Gasteiger partial charge in [-0.15, -0.1) is 0 Å². The number of ether oxygens (including phenoxy) is 1. The largest absolute Gasteiger partial charge is 0.494 e. The molecule has 0 aliphatic carbocycles. The number of nitrogens with one attached hydrogen (secondary N) is 1. The van der Waals surface area contributed by atoms with Crippen LogP contribution in [0.4, 0.5) is 5.69 Å². The van der Waals surface area contributed by atoms with Crippen LogP contribution in [-0.4, -0.2) is 47.8 Å². The Balaban J connectivity index is 2.22. The van der Waals surface area contributed by atoms with E-state index in [1.165, 1.54) is 13.4 Å². The summed E-state index contributed by atoms with van der Waals surface area (Å²) >= 11 is 0. The molecule has 0 saturated heterocycles. The molecule has 0 aliphatic heterocycles. The highest BCUT2D eigenvalue weighted by atomic mass is 16.5. The van der Waals surface area contributed by atoms with Crippen LogP contribution in [0, 0.1) is 0 Å². The molecule has 2 aromatic carbocycles. The van der Waals surface area contributed by atoms with Gasteiger partial charge in [0.25, 0.3) is 0 Å². The average Bonchev–Trinajstić information content (AvgIpc) is 2.76. The first-order chi connectivity index (χ1) is 14.4. The third-order valence-electron chi connectivity index (χ3n) is 4.47. The van der Waals surface area contributed by atoms with Crippen LogP contribution in [0.5, 0.6) is 5.75 Å². The highest BCUT2D eigenvalue weighted by Crippen LogP contribution is 2.33. The summed E-state index contributed by atoms with van der Waals surface area (Å²) in [4.78, 5) is 35.8. The lowest BCUT2D eigenvalue weighted by Crippen LogP contribution is -2.12. The van der Waals surface area contributed by atoms with Gasteiger partial charge < -0.3 is 15.0 Å². The number of allylic oxidation sites excluding steroid dienone is 1. The van der Waals surface area contributed by atoms with Crippen LogP contribution in [0.3, 0.4) is 0 Å². The van der Waals surface area contributed by atoms with E-state index in [2.05, 4.69) is 15.3 Å². The minimum Gasteiger partial charge on any atom is -0.494 e. The number of anilines is 1. The molecular weight excluding hydrogens is 380 g/mol. The number of aromatic nitrogens is 2. The summed E-state index contributed by atoms with van der Waals surface area (Å²) in [7, 11) is 5.22. The van der Waals surface area contributed by atoms with Crippen LogP contribution in [0.1, 0.15) is 29.4 Å². The van der Waals surface area contributed by atoms with Gasteiger partial charge in [0.05, 0.1) is 29.6 Å². The fourth-order valence-electron chi connectivity index (χ4n) is 3.03. The maximum atomic E-state index is 13.3. The molecule has 0 fully saturated rings. The fourth-order valence-corrected chi connectivity index (χ4v) is 3.03. The first-order valence-corrected chi connectivity index (χ1v) is 9.55. The van der Waals surface area contributed by atoms with Crippen LogP contribution >= 0.6 is 0 Å². The first-order valence-electron chi connectivity index (χ1n) is 9.55. The van der Waals surface area contributed by atoms with Crippen molar-refractivity contribution in [2.75, 3.05) is 26.5 Å². The summed E-state index contributed by atoms with van der Waals surface area (Å²) in [5, 5.41) is 3.48. The van der Waals surface area contributed by atoms with Crippen LogP contribution in [0.25, 0.3) is 16.5 Å². The van der Waals surface area contributed by atoms with Crippen molar-refractivity contribution in [3.8, 4) is 5.75 Å². The van der Waals surface area contributed by atoms with Crippen molar-refractivity contribution in [2.45, 2.75) is 13.3 Å². The standard InChI is InChI=1S/C23H24N4O3/c1-5-21(28)26-19-11-16-18(12-20(19)30-4)24-14-25-22(16)17(13-27(2)3)23(29)15-9-7-6-8-10-15/h6-14H,5H2,1-4H3,(H,26,28)/b17-13-. The van der Waals surface area contributed by atoms with Crippen molar-refractivity contribution in [3.63, 3.8) is 0 Å². The molecule has 154 valence electrons.